The maximum Gasteiger partial charge on any atom is 0.332 e. The van der Waals surface area contributed by atoms with Crippen LogP contribution < -0.4 is 4.74 Å². The molecule has 0 amide bonds. The number of carboxylic acids is 1. The second kappa shape index (κ2) is 9.96. The summed E-state index contributed by atoms with van der Waals surface area (Å²) in [6.07, 6.45) is 9.54. The molecule has 2 aromatic heterocycles. The van der Waals surface area contributed by atoms with E-state index in [1.54, 1.807) is 24.3 Å². The topological polar surface area (TPSA) is 110 Å². The van der Waals surface area contributed by atoms with Crippen LogP contribution >= 0.6 is 0 Å². The molecule has 1 saturated carbocycles. The van der Waals surface area contributed by atoms with Crippen LogP contribution in [0.25, 0.3) is 11.6 Å². The molecule has 2 fully saturated rings. The molecule has 3 heterocycles. The maximum absolute atomic E-state index is 14.2. The predicted molar refractivity (Wildman–Crippen MR) is 147 cm³/mol. The molecule has 1 aromatic carbocycles. The lowest BCUT2D eigenvalue weighted by molar-refractivity contribution is -0.132. The Kier molecular flexibility index (Phi) is 6.24. The third-order valence-electron chi connectivity index (χ3n) is 9.02. The van der Waals surface area contributed by atoms with Gasteiger partial charge in [0, 0.05) is 41.8 Å². The van der Waals surface area contributed by atoms with Gasteiger partial charge in [0.05, 0.1) is 35.7 Å². The fraction of sp³-hybridized carbons (Fsp3) is 0.375. The van der Waals surface area contributed by atoms with Gasteiger partial charge in [-0.1, -0.05) is 18.2 Å². The number of halogens is 1. The lowest BCUT2D eigenvalue weighted by Crippen LogP contribution is -2.32. The summed E-state index contributed by atoms with van der Waals surface area (Å²) in [6.45, 7) is 1.54. The van der Waals surface area contributed by atoms with E-state index in [4.69, 9.17) is 19.7 Å². The lowest BCUT2D eigenvalue weighted by Gasteiger charge is -2.28. The van der Waals surface area contributed by atoms with Crippen molar-refractivity contribution >= 4 is 17.6 Å². The molecular formula is C32H29FN4O4. The zero-order chi connectivity index (χ0) is 28.1. The van der Waals surface area contributed by atoms with Crippen molar-refractivity contribution < 1.29 is 23.8 Å². The summed E-state index contributed by atoms with van der Waals surface area (Å²) in [4.78, 5) is 21.2. The molecule has 8 nitrogen and oxygen atoms in total. The average Bonchev–Trinajstić information content (AvgIpc) is 3.30. The molecule has 3 atom stereocenters. The summed E-state index contributed by atoms with van der Waals surface area (Å²) in [5, 5.41) is 18.4. The molecule has 1 N–H and O–H groups in total. The number of nitrogens with zero attached hydrogens (tertiary/aromatic N) is 4. The fourth-order valence-corrected chi connectivity index (χ4v) is 6.38. The van der Waals surface area contributed by atoms with Crippen LogP contribution in [0.5, 0.6) is 5.88 Å². The Morgan fingerprint density at radius 3 is 2.88 bits per heavy atom. The number of carbonyl (C=O) groups is 1. The minimum atomic E-state index is -0.881. The molecule has 4 aliphatic rings. The molecule has 41 heavy (non-hydrogen) atoms. The van der Waals surface area contributed by atoms with Crippen LogP contribution in [0.4, 0.5) is 4.39 Å². The first-order valence-corrected chi connectivity index (χ1v) is 14.0. The van der Waals surface area contributed by atoms with Gasteiger partial charge in [0.2, 0.25) is 5.88 Å². The Bertz CT molecular complexity index is 1660. The van der Waals surface area contributed by atoms with E-state index in [2.05, 4.69) is 15.6 Å². The third kappa shape index (κ3) is 4.72. The van der Waals surface area contributed by atoms with E-state index in [1.165, 1.54) is 11.6 Å². The van der Waals surface area contributed by atoms with E-state index in [0.29, 0.717) is 29.4 Å². The number of nitriles is 1. The number of aromatic nitrogens is 3. The largest absolute Gasteiger partial charge is 0.478 e. The molecule has 3 aliphatic carbocycles. The third-order valence-corrected chi connectivity index (χ3v) is 9.02. The van der Waals surface area contributed by atoms with Crippen molar-refractivity contribution in [3.05, 3.63) is 87.9 Å². The van der Waals surface area contributed by atoms with E-state index in [0.717, 1.165) is 68.2 Å². The van der Waals surface area contributed by atoms with Gasteiger partial charge < -0.3 is 19.1 Å². The monoisotopic (exact) mass is 552 g/mol. The van der Waals surface area contributed by atoms with Crippen LogP contribution in [0.1, 0.15) is 72.1 Å². The van der Waals surface area contributed by atoms with Gasteiger partial charge in [-0.25, -0.2) is 19.2 Å². The summed E-state index contributed by atoms with van der Waals surface area (Å²) in [6, 6.07) is 11.9. The molecular weight excluding hydrogens is 523 g/mol. The molecule has 0 radical (unpaired) electrons. The van der Waals surface area contributed by atoms with Crippen molar-refractivity contribution in [3.8, 4) is 11.9 Å². The van der Waals surface area contributed by atoms with Gasteiger partial charge in [-0.15, -0.1) is 0 Å². The molecule has 3 aromatic rings. The molecule has 1 spiro atoms. The summed E-state index contributed by atoms with van der Waals surface area (Å²) >= 11 is 0. The smallest absolute Gasteiger partial charge is 0.332 e. The van der Waals surface area contributed by atoms with Gasteiger partial charge in [0.15, 0.2) is 0 Å². The van der Waals surface area contributed by atoms with Gasteiger partial charge in [-0.2, -0.15) is 5.26 Å². The van der Waals surface area contributed by atoms with Gasteiger partial charge in [0.25, 0.3) is 0 Å². The van der Waals surface area contributed by atoms with E-state index < -0.39 is 11.8 Å². The van der Waals surface area contributed by atoms with Gasteiger partial charge in [0.1, 0.15) is 18.2 Å². The molecule has 2 unspecified atom stereocenters. The summed E-state index contributed by atoms with van der Waals surface area (Å²) in [5.74, 6) is 0.502. The van der Waals surface area contributed by atoms with Crippen molar-refractivity contribution in [2.45, 2.75) is 63.7 Å². The average molecular weight is 553 g/mol. The van der Waals surface area contributed by atoms with Crippen LogP contribution in [0.2, 0.25) is 0 Å². The number of rotatable bonds is 8. The van der Waals surface area contributed by atoms with Gasteiger partial charge in [-0.3, -0.25) is 0 Å². The van der Waals surface area contributed by atoms with Crippen molar-refractivity contribution in [1.29, 1.82) is 5.26 Å². The Hall–Kier alpha value is -4.29. The number of hydrogen-bond donors (Lipinski definition) is 1. The minimum absolute atomic E-state index is 0.0313. The van der Waals surface area contributed by atoms with Gasteiger partial charge in [-0.05, 0) is 67.4 Å². The zero-order valence-electron chi connectivity index (χ0n) is 22.5. The Labute approximate surface area is 236 Å². The van der Waals surface area contributed by atoms with E-state index in [1.807, 2.05) is 18.2 Å². The highest BCUT2D eigenvalue weighted by Gasteiger charge is 2.57. The molecule has 0 bridgehead atoms. The number of benzene rings is 1. The SMILES string of the molecule is N#Cc1ccc(COc2cccc(C3=CCC4(CC3)CC4c3nc4c(n3C[C@@H]3CCO3)CC(C(=O)O)=C4)n2)c(F)c1. The second-order valence-electron chi connectivity index (χ2n) is 11.5. The van der Waals surface area contributed by atoms with Crippen molar-refractivity contribution in [2.24, 2.45) is 5.41 Å². The van der Waals surface area contributed by atoms with Crippen molar-refractivity contribution in [1.82, 2.24) is 14.5 Å². The number of carboxylic acid groups (broad SMARTS) is 1. The maximum atomic E-state index is 14.2. The van der Waals surface area contributed by atoms with Crippen molar-refractivity contribution in [2.75, 3.05) is 6.61 Å². The summed E-state index contributed by atoms with van der Waals surface area (Å²) in [5.41, 5.74) is 5.06. The normalized spacial score (nSPS) is 24.2. The first kappa shape index (κ1) is 25.7. The fourth-order valence-electron chi connectivity index (χ4n) is 6.38. The number of imidazole rings is 1. The molecule has 9 heteroatoms. The highest BCUT2D eigenvalue weighted by Crippen LogP contribution is 2.66. The summed E-state index contributed by atoms with van der Waals surface area (Å²) in [7, 11) is 0. The predicted octanol–water partition coefficient (Wildman–Crippen LogP) is 5.42. The van der Waals surface area contributed by atoms with Crippen LogP contribution in [-0.2, 0) is 29.1 Å². The Balaban J connectivity index is 1.05. The Morgan fingerprint density at radius 1 is 1.29 bits per heavy atom. The van der Waals surface area contributed by atoms with Crippen molar-refractivity contribution in [3.63, 3.8) is 0 Å². The highest BCUT2D eigenvalue weighted by molar-refractivity contribution is 5.94. The number of hydrogen-bond acceptors (Lipinski definition) is 6. The number of aliphatic carboxylic acids is 1. The first-order chi connectivity index (χ1) is 19.9. The highest BCUT2D eigenvalue weighted by atomic mass is 19.1. The van der Waals surface area contributed by atoms with E-state index in [9.17, 15) is 14.3 Å². The Morgan fingerprint density at radius 2 is 2.17 bits per heavy atom. The number of pyridine rings is 1. The van der Waals surface area contributed by atoms with Crippen LogP contribution in [0, 0.1) is 22.6 Å². The minimum Gasteiger partial charge on any atom is -0.478 e. The van der Waals surface area contributed by atoms with Crippen LogP contribution in [-0.4, -0.2) is 38.3 Å². The number of ether oxygens (including phenoxy) is 2. The van der Waals surface area contributed by atoms with Crippen LogP contribution in [0.15, 0.2) is 48.0 Å². The second-order valence-corrected chi connectivity index (χ2v) is 11.5. The zero-order valence-corrected chi connectivity index (χ0v) is 22.5. The molecule has 208 valence electrons. The van der Waals surface area contributed by atoms with Gasteiger partial charge >= 0.3 is 5.97 Å². The van der Waals surface area contributed by atoms with Crippen LogP contribution in [0.3, 0.4) is 0 Å². The van der Waals surface area contributed by atoms with E-state index >= 15 is 0 Å². The standard InChI is InChI=1S/C32H29FN4O4/c33-25-12-19(16-34)4-5-21(25)18-41-29-3-1-2-26(35-29)20-6-9-32(10-7-20)15-24(32)30-36-27-13-22(31(38)39)14-28(27)37(30)17-23-8-11-40-23/h1-6,12-13,23-24H,7-11,14-15,17-18H2,(H,38,39)/t23-,24?,32?/m0/s1. The quantitative estimate of drug-likeness (QED) is 0.397. The lowest BCUT2D eigenvalue weighted by atomic mass is 9.83. The van der Waals surface area contributed by atoms with E-state index in [-0.39, 0.29) is 23.7 Å². The first-order valence-electron chi connectivity index (χ1n) is 14.0. The number of fused-ring (bicyclic) bond motifs is 1. The summed E-state index contributed by atoms with van der Waals surface area (Å²) < 4.78 is 28.0. The molecule has 7 rings (SSSR count). The number of allylic oxidation sites excluding steroid dienone is 2. The molecule has 1 aliphatic heterocycles. The molecule has 1 saturated heterocycles.